The molecule has 2 saturated heterocycles. The van der Waals surface area contributed by atoms with Gasteiger partial charge in [-0.2, -0.15) is 9.97 Å². The lowest BCUT2D eigenvalue weighted by molar-refractivity contribution is 0.107. The van der Waals surface area contributed by atoms with Crippen LogP contribution in [-0.4, -0.2) is 70.0 Å². The fourth-order valence-electron chi connectivity index (χ4n) is 8.59. The number of hydrogen-bond acceptors (Lipinski definition) is 7. The van der Waals surface area contributed by atoms with E-state index in [4.69, 9.17) is 14.7 Å². The van der Waals surface area contributed by atoms with Gasteiger partial charge in [-0.3, -0.25) is 4.90 Å². The minimum Gasteiger partial charge on any atom is -0.508 e. The van der Waals surface area contributed by atoms with Crippen LogP contribution in [0.2, 0.25) is 0 Å². The molecule has 0 spiro atoms. The summed E-state index contributed by atoms with van der Waals surface area (Å²) in [7, 11) is 0. The van der Waals surface area contributed by atoms with Gasteiger partial charge in [0.2, 0.25) is 0 Å². The van der Waals surface area contributed by atoms with Crippen molar-refractivity contribution < 1.29 is 23.0 Å². The Bertz CT molecular complexity index is 1870. The minimum absolute atomic E-state index is 0.0252. The molecule has 4 aromatic rings. The molecule has 248 valence electrons. The van der Waals surface area contributed by atoms with Crippen LogP contribution in [0.5, 0.6) is 11.8 Å². The van der Waals surface area contributed by atoms with E-state index in [2.05, 4.69) is 22.5 Å². The number of halogens is 3. The highest BCUT2D eigenvalue weighted by Crippen LogP contribution is 2.44. The van der Waals surface area contributed by atoms with Gasteiger partial charge in [-0.25, -0.2) is 13.2 Å². The van der Waals surface area contributed by atoms with E-state index < -0.39 is 17.5 Å². The van der Waals surface area contributed by atoms with Crippen molar-refractivity contribution in [1.29, 1.82) is 0 Å². The van der Waals surface area contributed by atoms with Gasteiger partial charge in [0.15, 0.2) is 5.82 Å². The van der Waals surface area contributed by atoms with Gasteiger partial charge in [-0.05, 0) is 109 Å². The number of anilines is 1. The molecule has 1 saturated carbocycles. The Hall–Kier alpha value is -3.63. The summed E-state index contributed by atoms with van der Waals surface area (Å²) in [4.78, 5) is 11.7. The number of phenols is 1. The van der Waals surface area contributed by atoms with E-state index in [1.54, 1.807) is 12.1 Å². The van der Waals surface area contributed by atoms with Gasteiger partial charge in [0, 0.05) is 42.5 Å². The Kier molecular flexibility index (Phi) is 7.71. The fourth-order valence-corrected chi connectivity index (χ4v) is 8.59. The molecule has 5 atom stereocenters. The summed E-state index contributed by atoms with van der Waals surface area (Å²) < 4.78 is 53.1. The first-order valence-corrected chi connectivity index (χ1v) is 17.3. The van der Waals surface area contributed by atoms with Crippen LogP contribution in [-0.2, 0) is 12.8 Å². The molecular formula is C37H42F3N5O2. The van der Waals surface area contributed by atoms with Crippen molar-refractivity contribution in [1.82, 2.24) is 20.2 Å². The lowest BCUT2D eigenvalue weighted by Gasteiger charge is -2.30. The predicted octanol–water partition coefficient (Wildman–Crippen LogP) is 7.07. The number of benzene rings is 3. The van der Waals surface area contributed by atoms with Crippen molar-refractivity contribution >= 4 is 27.5 Å². The van der Waals surface area contributed by atoms with E-state index >= 15 is 8.78 Å². The number of phenolic OH excluding ortho intramolecular Hbond substituents is 1. The lowest BCUT2D eigenvalue weighted by Crippen LogP contribution is -2.43. The molecule has 0 amide bonds. The number of nitrogens with one attached hydrogen (secondary N) is 2. The number of aromatic nitrogens is 2. The topological polar surface area (TPSA) is 82.5 Å². The summed E-state index contributed by atoms with van der Waals surface area (Å²) in [5.41, 5.74) is 1.77. The summed E-state index contributed by atoms with van der Waals surface area (Å²) in [5, 5.41) is 19.9. The van der Waals surface area contributed by atoms with Crippen LogP contribution in [0.25, 0.3) is 32.8 Å². The van der Waals surface area contributed by atoms with Crippen LogP contribution >= 0.6 is 0 Å². The molecule has 8 rings (SSSR count). The van der Waals surface area contributed by atoms with E-state index in [-0.39, 0.29) is 41.3 Å². The van der Waals surface area contributed by atoms with Gasteiger partial charge < -0.3 is 20.5 Å². The number of alkyl halides is 1. The van der Waals surface area contributed by atoms with Gasteiger partial charge in [-0.1, -0.05) is 19.9 Å². The van der Waals surface area contributed by atoms with Crippen molar-refractivity contribution in [2.24, 2.45) is 5.92 Å². The molecule has 47 heavy (non-hydrogen) atoms. The molecule has 0 radical (unpaired) electrons. The van der Waals surface area contributed by atoms with Crippen LogP contribution in [0.3, 0.4) is 0 Å². The number of aromatic hydroxyl groups is 1. The second-order valence-corrected chi connectivity index (χ2v) is 14.1. The summed E-state index contributed by atoms with van der Waals surface area (Å²) >= 11 is 0. The summed E-state index contributed by atoms with van der Waals surface area (Å²) in [6, 6.07) is 8.70. The smallest absolute Gasteiger partial charge is 0.319 e. The maximum Gasteiger partial charge on any atom is 0.319 e. The van der Waals surface area contributed by atoms with E-state index in [0.717, 1.165) is 44.2 Å². The average Bonchev–Trinajstić information content (AvgIpc) is 3.57. The van der Waals surface area contributed by atoms with Crippen molar-refractivity contribution in [2.75, 3.05) is 31.6 Å². The molecule has 4 aliphatic rings. The van der Waals surface area contributed by atoms with Gasteiger partial charge in [0.05, 0.1) is 5.54 Å². The number of nitrogens with zero attached hydrogens (tertiary/aromatic N) is 3. The molecule has 3 aliphatic heterocycles. The van der Waals surface area contributed by atoms with Crippen LogP contribution in [0.1, 0.15) is 63.5 Å². The molecule has 10 heteroatoms. The first-order valence-electron chi connectivity index (χ1n) is 17.3. The maximum atomic E-state index is 17.2. The van der Waals surface area contributed by atoms with E-state index in [1.807, 2.05) is 13.0 Å². The number of hydrogen-bond donors (Lipinski definition) is 3. The number of aryl methyl sites for hydroxylation is 2. The SMILES string of the molecule is CCc1c(F)ccc2cc(O)cc(-c3cc4c5c(nc(OC[C@@]67CCCN6C[C@H](F)C7)nc5c3F)NC[C@@H](CC)N[C@H]3C[C@@H]3CC4)c12. The Labute approximate surface area is 272 Å². The molecule has 4 heterocycles. The standard InChI is InChI=1S/C37H42F3N5O2/c1-3-24-17-41-35-32-22(7-6-20-14-30(20)42-24)13-28(27-15-25(46)12-21-8-9-29(39)26(4-2)31(21)27)33(40)34(32)43-36(44-35)47-19-37-10-5-11-45(37)18-23(38)16-37/h8-9,12-13,15,20,23-24,30,42,46H,3-7,10-11,14,16-19H2,1-2H3,(H,41,43,44)/t20-,23+,24+,30-,37-/m0/s1. The molecule has 3 N–H and O–H groups in total. The van der Waals surface area contributed by atoms with E-state index in [1.165, 1.54) is 12.1 Å². The summed E-state index contributed by atoms with van der Waals surface area (Å²) in [5.74, 6) is 0.0730. The molecule has 7 nitrogen and oxygen atoms in total. The molecule has 3 fully saturated rings. The highest BCUT2D eigenvalue weighted by atomic mass is 19.1. The first kappa shape index (κ1) is 30.7. The molecule has 3 aromatic carbocycles. The first-order chi connectivity index (χ1) is 22.8. The van der Waals surface area contributed by atoms with E-state index in [9.17, 15) is 9.50 Å². The van der Waals surface area contributed by atoms with Crippen LogP contribution in [0, 0.1) is 17.6 Å². The second kappa shape index (κ2) is 11.8. The zero-order valence-electron chi connectivity index (χ0n) is 27.0. The number of rotatable bonds is 6. The Morgan fingerprint density at radius 2 is 1.98 bits per heavy atom. The Morgan fingerprint density at radius 3 is 2.81 bits per heavy atom. The van der Waals surface area contributed by atoms with Crippen molar-refractivity contribution in [3.05, 3.63) is 53.1 Å². The minimum atomic E-state index is -0.898. The lowest BCUT2D eigenvalue weighted by atomic mass is 9.90. The Balaban J connectivity index is 1.31. The molecule has 0 unspecified atom stereocenters. The molecule has 1 aromatic heterocycles. The number of ether oxygens (including phenoxy) is 1. The summed E-state index contributed by atoms with van der Waals surface area (Å²) in [6.45, 7) is 6.09. The molecule has 1 aliphatic carbocycles. The highest BCUT2D eigenvalue weighted by Gasteiger charge is 2.49. The Morgan fingerprint density at radius 1 is 1.11 bits per heavy atom. The maximum absolute atomic E-state index is 17.2. The van der Waals surface area contributed by atoms with Gasteiger partial charge >= 0.3 is 6.01 Å². The zero-order valence-corrected chi connectivity index (χ0v) is 27.0. The van der Waals surface area contributed by atoms with Gasteiger partial charge in [-0.15, -0.1) is 0 Å². The van der Waals surface area contributed by atoms with Crippen molar-refractivity contribution in [2.45, 2.75) is 89.0 Å². The third-order valence-electron chi connectivity index (χ3n) is 11.2. The zero-order chi connectivity index (χ0) is 32.4. The third-order valence-corrected chi connectivity index (χ3v) is 11.2. The normalized spacial score (nSPS) is 27.3. The summed E-state index contributed by atoms with van der Waals surface area (Å²) in [6.07, 6.45) is 5.37. The fraction of sp³-hybridized carbons (Fsp3) is 0.514. The number of fused-ring (bicyclic) bond motifs is 3. The quantitative estimate of drug-likeness (QED) is 0.207. The monoisotopic (exact) mass is 645 g/mol. The molecular weight excluding hydrogens is 603 g/mol. The molecule has 0 bridgehead atoms. The van der Waals surface area contributed by atoms with Crippen molar-refractivity contribution in [3.8, 4) is 22.9 Å². The van der Waals surface area contributed by atoms with Gasteiger partial charge in [0.1, 0.15) is 35.7 Å². The van der Waals surface area contributed by atoms with Crippen LogP contribution in [0.4, 0.5) is 19.0 Å². The second-order valence-electron chi connectivity index (χ2n) is 14.1. The van der Waals surface area contributed by atoms with Crippen LogP contribution in [0.15, 0.2) is 30.3 Å². The predicted molar refractivity (Wildman–Crippen MR) is 178 cm³/mol. The average molecular weight is 646 g/mol. The van der Waals surface area contributed by atoms with Gasteiger partial charge in [0.25, 0.3) is 0 Å². The third kappa shape index (κ3) is 5.37. The van der Waals surface area contributed by atoms with E-state index in [0.29, 0.717) is 77.4 Å². The highest BCUT2D eigenvalue weighted by molar-refractivity contribution is 6.04. The largest absolute Gasteiger partial charge is 0.508 e. The van der Waals surface area contributed by atoms with Crippen LogP contribution < -0.4 is 15.4 Å². The van der Waals surface area contributed by atoms with Crippen molar-refractivity contribution in [3.63, 3.8) is 0 Å².